The molecule has 9 heavy (non-hydrogen) atoms. The number of hydrogen-bond acceptors (Lipinski definition) is 1. The Morgan fingerprint density at radius 2 is 2.33 bits per heavy atom. The van der Waals surface area contributed by atoms with Gasteiger partial charge in [-0.1, -0.05) is 12.0 Å². The lowest BCUT2D eigenvalue weighted by atomic mass is 10.1. The molecule has 0 amide bonds. The van der Waals surface area contributed by atoms with E-state index in [1.165, 1.54) is 6.08 Å². The van der Waals surface area contributed by atoms with E-state index in [2.05, 4.69) is 5.92 Å². The Kier molecular flexibility index (Phi) is 1.51. The topological polar surface area (TPSA) is 17.1 Å². The largest absolute Gasteiger partial charge is 0.295 e. The zero-order valence-corrected chi connectivity index (χ0v) is 4.92. The van der Waals surface area contributed by atoms with Crippen molar-refractivity contribution in [2.24, 2.45) is 0 Å². The summed E-state index contributed by atoms with van der Waals surface area (Å²) in [5.41, 5.74) is 0.801. The van der Waals surface area contributed by atoms with Crippen molar-refractivity contribution in [3.63, 3.8) is 0 Å². The number of carbonyl (C=O) groups is 1. The lowest BCUT2D eigenvalue weighted by Crippen LogP contribution is -1.94. The molecule has 0 bridgehead atoms. The second-order valence-corrected chi connectivity index (χ2v) is 1.81. The van der Waals surface area contributed by atoms with Crippen LogP contribution in [0.2, 0.25) is 0 Å². The van der Waals surface area contributed by atoms with Crippen LogP contribution in [0.5, 0.6) is 0 Å². The molecule has 0 saturated heterocycles. The van der Waals surface area contributed by atoms with Crippen LogP contribution in [0.25, 0.3) is 0 Å². The summed E-state index contributed by atoms with van der Waals surface area (Å²) >= 11 is 0. The third-order valence-electron chi connectivity index (χ3n) is 1.14. The highest BCUT2D eigenvalue weighted by Crippen LogP contribution is 2.04. The van der Waals surface area contributed by atoms with E-state index in [1.807, 2.05) is 0 Å². The molecule has 44 valence electrons. The number of hydrogen-bond donors (Lipinski definition) is 0. The zero-order valence-electron chi connectivity index (χ0n) is 4.92. The van der Waals surface area contributed by atoms with Crippen LogP contribution in [0, 0.1) is 12.3 Å². The summed E-state index contributed by atoms with van der Waals surface area (Å²) in [5, 5.41) is 0. The van der Waals surface area contributed by atoms with Gasteiger partial charge in [0.15, 0.2) is 5.78 Å². The molecule has 0 aliphatic heterocycles. The molecule has 0 fully saturated rings. The van der Waals surface area contributed by atoms with Crippen molar-refractivity contribution in [3.05, 3.63) is 23.8 Å². The van der Waals surface area contributed by atoms with Gasteiger partial charge in [0.25, 0.3) is 0 Å². The normalized spacial score (nSPS) is 16.8. The van der Waals surface area contributed by atoms with Crippen molar-refractivity contribution in [2.75, 3.05) is 0 Å². The summed E-state index contributed by atoms with van der Waals surface area (Å²) in [6, 6.07) is 0. The number of terminal acetylenes is 1. The Morgan fingerprint density at radius 3 is 2.78 bits per heavy atom. The fourth-order valence-corrected chi connectivity index (χ4v) is 0.636. The van der Waals surface area contributed by atoms with E-state index in [4.69, 9.17) is 6.42 Å². The highest BCUT2D eigenvalue weighted by molar-refractivity contribution is 5.93. The van der Waals surface area contributed by atoms with Crippen LogP contribution in [0.15, 0.2) is 23.8 Å². The molecule has 0 aromatic heterocycles. The highest BCUT2D eigenvalue weighted by atomic mass is 16.1. The average Bonchev–Trinajstić information content (AvgIpc) is 1.90. The van der Waals surface area contributed by atoms with Gasteiger partial charge in [-0.05, 0) is 12.2 Å². The van der Waals surface area contributed by atoms with Gasteiger partial charge in [0.1, 0.15) is 0 Å². The first kappa shape index (κ1) is 5.84. The van der Waals surface area contributed by atoms with E-state index in [0.717, 1.165) is 5.57 Å². The van der Waals surface area contributed by atoms with Crippen LogP contribution in [-0.4, -0.2) is 5.78 Å². The SMILES string of the molecule is C#CC1=CCC(=O)C=C1. The lowest BCUT2D eigenvalue weighted by molar-refractivity contribution is -0.113. The molecule has 0 saturated carbocycles. The fourth-order valence-electron chi connectivity index (χ4n) is 0.636. The zero-order chi connectivity index (χ0) is 6.69. The second kappa shape index (κ2) is 2.32. The van der Waals surface area contributed by atoms with Gasteiger partial charge >= 0.3 is 0 Å². The van der Waals surface area contributed by atoms with Gasteiger partial charge in [-0.3, -0.25) is 4.79 Å². The number of allylic oxidation sites excluding steroid dienone is 4. The molecule has 0 aromatic carbocycles. The van der Waals surface area contributed by atoms with Crippen LogP contribution in [0.1, 0.15) is 6.42 Å². The molecule has 0 atom stereocenters. The third-order valence-corrected chi connectivity index (χ3v) is 1.14. The van der Waals surface area contributed by atoms with E-state index in [1.54, 1.807) is 12.2 Å². The summed E-state index contributed by atoms with van der Waals surface area (Å²) in [5.74, 6) is 2.57. The molecule has 1 rings (SSSR count). The number of rotatable bonds is 0. The van der Waals surface area contributed by atoms with Crippen molar-refractivity contribution >= 4 is 5.78 Å². The fraction of sp³-hybridized carbons (Fsp3) is 0.125. The molecule has 0 radical (unpaired) electrons. The molecule has 0 N–H and O–H groups in total. The van der Waals surface area contributed by atoms with Gasteiger partial charge < -0.3 is 0 Å². The summed E-state index contributed by atoms with van der Waals surface area (Å²) in [7, 11) is 0. The summed E-state index contributed by atoms with van der Waals surface area (Å²) in [4.78, 5) is 10.5. The Bertz CT molecular complexity index is 225. The lowest BCUT2D eigenvalue weighted by Gasteiger charge is -1.95. The predicted molar refractivity (Wildman–Crippen MR) is 35.7 cm³/mol. The molecule has 1 aliphatic carbocycles. The molecule has 0 spiro atoms. The van der Waals surface area contributed by atoms with Gasteiger partial charge in [-0.15, -0.1) is 6.42 Å². The molecule has 1 nitrogen and oxygen atoms in total. The van der Waals surface area contributed by atoms with Crippen molar-refractivity contribution in [1.82, 2.24) is 0 Å². The van der Waals surface area contributed by atoms with Gasteiger partial charge in [0.2, 0.25) is 0 Å². The Balaban J connectivity index is 2.77. The standard InChI is InChI=1S/C8H6O/c1-2-7-3-5-8(9)6-4-7/h1,3-5H,6H2. The van der Waals surface area contributed by atoms with Crippen molar-refractivity contribution in [1.29, 1.82) is 0 Å². The van der Waals surface area contributed by atoms with E-state index in [9.17, 15) is 4.79 Å². The minimum Gasteiger partial charge on any atom is -0.295 e. The summed E-state index contributed by atoms with van der Waals surface area (Å²) in [6.07, 6.45) is 10.4. The smallest absolute Gasteiger partial charge is 0.159 e. The molecular weight excluding hydrogens is 112 g/mol. The summed E-state index contributed by atoms with van der Waals surface area (Å²) in [6.45, 7) is 0. The molecular formula is C8H6O. The predicted octanol–water partition coefficient (Wildman–Crippen LogP) is 1.07. The second-order valence-electron chi connectivity index (χ2n) is 1.81. The van der Waals surface area contributed by atoms with Gasteiger partial charge in [0.05, 0.1) is 0 Å². The van der Waals surface area contributed by atoms with Crippen LogP contribution in [0.3, 0.4) is 0 Å². The van der Waals surface area contributed by atoms with Crippen molar-refractivity contribution in [2.45, 2.75) is 6.42 Å². The Labute approximate surface area is 54.1 Å². The van der Waals surface area contributed by atoms with E-state index >= 15 is 0 Å². The highest BCUT2D eigenvalue weighted by Gasteiger charge is 1.99. The van der Waals surface area contributed by atoms with Crippen LogP contribution in [0.4, 0.5) is 0 Å². The number of carbonyl (C=O) groups excluding carboxylic acids is 1. The minimum atomic E-state index is 0.119. The maximum absolute atomic E-state index is 10.5. The van der Waals surface area contributed by atoms with Crippen molar-refractivity contribution in [3.8, 4) is 12.3 Å². The third kappa shape index (κ3) is 1.30. The summed E-state index contributed by atoms with van der Waals surface area (Å²) < 4.78 is 0. The molecule has 0 heterocycles. The molecule has 1 heteroatoms. The van der Waals surface area contributed by atoms with Gasteiger partial charge in [0, 0.05) is 12.0 Å². The molecule has 1 aliphatic rings. The first-order chi connectivity index (χ1) is 4.33. The van der Waals surface area contributed by atoms with E-state index in [-0.39, 0.29) is 5.78 Å². The van der Waals surface area contributed by atoms with E-state index < -0.39 is 0 Å². The minimum absolute atomic E-state index is 0.119. The Morgan fingerprint density at radius 1 is 1.56 bits per heavy atom. The average molecular weight is 118 g/mol. The molecule has 0 unspecified atom stereocenters. The Hall–Kier alpha value is -1.29. The maximum Gasteiger partial charge on any atom is 0.159 e. The quantitative estimate of drug-likeness (QED) is 0.435. The van der Waals surface area contributed by atoms with Crippen LogP contribution < -0.4 is 0 Å². The van der Waals surface area contributed by atoms with Crippen LogP contribution >= 0.6 is 0 Å². The van der Waals surface area contributed by atoms with Crippen molar-refractivity contribution < 1.29 is 4.79 Å². The van der Waals surface area contributed by atoms with Crippen LogP contribution in [-0.2, 0) is 4.79 Å². The van der Waals surface area contributed by atoms with Gasteiger partial charge in [-0.2, -0.15) is 0 Å². The van der Waals surface area contributed by atoms with E-state index in [0.29, 0.717) is 6.42 Å². The molecule has 0 aromatic rings. The first-order valence-corrected chi connectivity index (χ1v) is 2.70. The van der Waals surface area contributed by atoms with Gasteiger partial charge in [-0.25, -0.2) is 0 Å². The monoisotopic (exact) mass is 118 g/mol. The maximum atomic E-state index is 10.5. The first-order valence-electron chi connectivity index (χ1n) is 2.70. The number of ketones is 1.